The third-order valence-corrected chi connectivity index (χ3v) is 8.96. The quantitative estimate of drug-likeness (QED) is 0.505. The lowest BCUT2D eigenvalue weighted by molar-refractivity contribution is -0.123. The van der Waals surface area contributed by atoms with Gasteiger partial charge in [0.05, 0.1) is 16.7 Å². The zero-order valence-corrected chi connectivity index (χ0v) is 19.4. The maximum absolute atomic E-state index is 12.9. The van der Waals surface area contributed by atoms with Crippen LogP contribution in [0.1, 0.15) is 58.8 Å². The normalized spacial score (nSPS) is 29.9. The number of aromatic nitrogens is 2. The van der Waals surface area contributed by atoms with Gasteiger partial charge in [0.2, 0.25) is 5.91 Å². The molecule has 0 spiro atoms. The number of carbonyl (C=O) groups excluding carboxylic acids is 1. The van der Waals surface area contributed by atoms with E-state index in [9.17, 15) is 9.59 Å². The number of nitrogens with zero attached hydrogens (tertiary/aromatic N) is 2. The average molecular weight is 440 g/mol. The van der Waals surface area contributed by atoms with Crippen molar-refractivity contribution in [2.24, 2.45) is 23.2 Å². The van der Waals surface area contributed by atoms with Gasteiger partial charge in [-0.05, 0) is 87.2 Å². The van der Waals surface area contributed by atoms with Gasteiger partial charge in [-0.1, -0.05) is 30.8 Å². The van der Waals surface area contributed by atoms with Crippen molar-refractivity contribution < 1.29 is 4.79 Å². The van der Waals surface area contributed by atoms with E-state index in [1.54, 1.807) is 4.57 Å². The highest BCUT2D eigenvalue weighted by molar-refractivity contribution is 7.99. The summed E-state index contributed by atoms with van der Waals surface area (Å²) in [6, 6.07) is 7.68. The Labute approximate surface area is 188 Å². The van der Waals surface area contributed by atoms with Crippen LogP contribution in [0.4, 0.5) is 0 Å². The van der Waals surface area contributed by atoms with Gasteiger partial charge in [0.15, 0.2) is 5.16 Å². The molecule has 31 heavy (non-hydrogen) atoms. The lowest BCUT2D eigenvalue weighted by atomic mass is 9.48. The van der Waals surface area contributed by atoms with Crippen LogP contribution in [0.2, 0.25) is 0 Å². The maximum Gasteiger partial charge on any atom is 0.262 e. The second-order valence-electron chi connectivity index (χ2n) is 10.2. The molecule has 0 saturated heterocycles. The Hall–Kier alpha value is -1.82. The third-order valence-electron chi connectivity index (χ3n) is 7.99. The Balaban J connectivity index is 1.28. The molecule has 4 fully saturated rings. The summed E-state index contributed by atoms with van der Waals surface area (Å²) in [5, 5.41) is 4.62. The molecule has 166 valence electrons. The zero-order valence-electron chi connectivity index (χ0n) is 18.6. The standard InChI is InChI=1S/C25H33N3O2S/c1-3-8-28-23(30)20-6-4-5-7-21(20)27-24(28)31-15-22(29)26-16(2)25-12-17-9-18(13-25)11-19(10-17)14-25/h4-7,16-19H,3,8-15H2,1-2H3,(H,26,29). The van der Waals surface area contributed by atoms with E-state index < -0.39 is 0 Å². The van der Waals surface area contributed by atoms with Crippen LogP contribution in [-0.2, 0) is 11.3 Å². The largest absolute Gasteiger partial charge is 0.352 e. The molecular weight excluding hydrogens is 406 g/mol. The van der Waals surface area contributed by atoms with E-state index in [4.69, 9.17) is 4.98 Å². The zero-order chi connectivity index (χ0) is 21.6. The number of hydrogen-bond acceptors (Lipinski definition) is 4. The van der Waals surface area contributed by atoms with Crippen LogP contribution in [0, 0.1) is 23.2 Å². The van der Waals surface area contributed by atoms with Gasteiger partial charge in [-0.3, -0.25) is 14.2 Å². The van der Waals surface area contributed by atoms with Crippen molar-refractivity contribution in [3.8, 4) is 0 Å². The fourth-order valence-electron chi connectivity index (χ4n) is 6.95. The first-order valence-electron chi connectivity index (χ1n) is 11.9. The van der Waals surface area contributed by atoms with E-state index in [-0.39, 0.29) is 17.5 Å². The predicted molar refractivity (Wildman–Crippen MR) is 125 cm³/mol. The summed E-state index contributed by atoms with van der Waals surface area (Å²) in [6.07, 6.45) is 8.96. The molecule has 1 N–H and O–H groups in total. The molecule has 4 saturated carbocycles. The third kappa shape index (κ3) is 3.92. The molecule has 5 nitrogen and oxygen atoms in total. The van der Waals surface area contributed by atoms with E-state index >= 15 is 0 Å². The Bertz CT molecular complexity index is 1010. The molecule has 1 amide bonds. The molecule has 6 rings (SSSR count). The highest BCUT2D eigenvalue weighted by Crippen LogP contribution is 2.61. The van der Waals surface area contributed by atoms with Crippen molar-refractivity contribution in [3.63, 3.8) is 0 Å². The number of nitrogens with one attached hydrogen (secondary N) is 1. The van der Waals surface area contributed by atoms with Crippen LogP contribution in [0.15, 0.2) is 34.2 Å². The molecule has 1 aromatic carbocycles. The van der Waals surface area contributed by atoms with E-state index in [2.05, 4.69) is 19.2 Å². The summed E-state index contributed by atoms with van der Waals surface area (Å²) in [4.78, 5) is 30.5. The molecule has 4 bridgehead atoms. The molecule has 0 aliphatic heterocycles. The number of fused-ring (bicyclic) bond motifs is 1. The average Bonchev–Trinajstić information content (AvgIpc) is 2.73. The molecule has 4 aliphatic rings. The summed E-state index contributed by atoms with van der Waals surface area (Å²) < 4.78 is 1.72. The highest BCUT2D eigenvalue weighted by Gasteiger charge is 2.53. The van der Waals surface area contributed by atoms with Gasteiger partial charge in [-0.2, -0.15) is 0 Å². The summed E-state index contributed by atoms with van der Waals surface area (Å²) in [5.74, 6) is 2.99. The molecule has 4 aliphatic carbocycles. The summed E-state index contributed by atoms with van der Waals surface area (Å²) in [6.45, 7) is 4.89. The SMILES string of the molecule is CCCn1c(SCC(=O)NC(C)C23CC4CC(CC(C4)C2)C3)nc2ccccc2c1=O. The van der Waals surface area contributed by atoms with Crippen molar-refractivity contribution in [3.05, 3.63) is 34.6 Å². The van der Waals surface area contributed by atoms with Gasteiger partial charge in [0, 0.05) is 12.6 Å². The van der Waals surface area contributed by atoms with E-state index in [0.717, 1.165) is 24.2 Å². The first-order chi connectivity index (χ1) is 15.0. The van der Waals surface area contributed by atoms with Gasteiger partial charge in [-0.15, -0.1) is 0 Å². The first-order valence-corrected chi connectivity index (χ1v) is 12.9. The lowest BCUT2D eigenvalue weighted by Crippen LogP contribution is -2.56. The summed E-state index contributed by atoms with van der Waals surface area (Å²) in [7, 11) is 0. The Morgan fingerprint density at radius 3 is 2.48 bits per heavy atom. The Morgan fingerprint density at radius 1 is 1.19 bits per heavy atom. The minimum atomic E-state index is -0.0164. The van der Waals surface area contributed by atoms with Crippen molar-refractivity contribution >= 4 is 28.6 Å². The molecule has 0 radical (unpaired) electrons. The van der Waals surface area contributed by atoms with Crippen molar-refractivity contribution in [2.75, 3.05) is 5.75 Å². The van der Waals surface area contributed by atoms with Crippen LogP contribution in [-0.4, -0.2) is 27.3 Å². The van der Waals surface area contributed by atoms with Crippen LogP contribution in [0.5, 0.6) is 0 Å². The number of thioether (sulfide) groups is 1. The van der Waals surface area contributed by atoms with Crippen LogP contribution >= 0.6 is 11.8 Å². The molecule has 1 unspecified atom stereocenters. The van der Waals surface area contributed by atoms with Crippen LogP contribution in [0.25, 0.3) is 10.9 Å². The van der Waals surface area contributed by atoms with Gasteiger partial charge in [-0.25, -0.2) is 4.98 Å². The van der Waals surface area contributed by atoms with Gasteiger partial charge in [0.25, 0.3) is 5.56 Å². The molecule has 2 aromatic rings. The monoisotopic (exact) mass is 439 g/mol. The van der Waals surface area contributed by atoms with E-state index in [1.165, 1.54) is 50.3 Å². The molecular formula is C25H33N3O2S. The number of para-hydroxylation sites is 1. The van der Waals surface area contributed by atoms with Crippen LogP contribution in [0.3, 0.4) is 0 Å². The minimum absolute atomic E-state index is 0.0164. The number of benzene rings is 1. The minimum Gasteiger partial charge on any atom is -0.352 e. The van der Waals surface area contributed by atoms with Gasteiger partial charge in [0.1, 0.15) is 0 Å². The fraction of sp³-hybridized carbons (Fsp3) is 0.640. The van der Waals surface area contributed by atoms with Crippen LogP contribution < -0.4 is 10.9 Å². The molecule has 1 atom stereocenters. The number of hydrogen-bond donors (Lipinski definition) is 1. The first kappa shape index (κ1) is 21.0. The van der Waals surface area contributed by atoms with E-state index in [1.807, 2.05) is 24.3 Å². The van der Waals surface area contributed by atoms with Crippen molar-refractivity contribution in [1.82, 2.24) is 14.9 Å². The predicted octanol–water partition coefficient (Wildman–Crippen LogP) is 4.62. The lowest BCUT2D eigenvalue weighted by Gasteiger charge is -2.59. The number of amides is 1. The van der Waals surface area contributed by atoms with Crippen molar-refractivity contribution in [1.29, 1.82) is 0 Å². The maximum atomic E-state index is 12.9. The van der Waals surface area contributed by atoms with E-state index in [0.29, 0.717) is 33.8 Å². The topological polar surface area (TPSA) is 64.0 Å². The van der Waals surface area contributed by atoms with Gasteiger partial charge >= 0.3 is 0 Å². The smallest absolute Gasteiger partial charge is 0.262 e. The summed E-state index contributed by atoms with van der Waals surface area (Å²) >= 11 is 1.38. The summed E-state index contributed by atoms with van der Waals surface area (Å²) in [5.41, 5.74) is 0.989. The van der Waals surface area contributed by atoms with Gasteiger partial charge < -0.3 is 5.32 Å². The molecule has 1 aromatic heterocycles. The highest BCUT2D eigenvalue weighted by atomic mass is 32.2. The fourth-order valence-corrected chi connectivity index (χ4v) is 7.79. The number of rotatable bonds is 7. The molecule has 1 heterocycles. The second kappa shape index (κ2) is 8.27. The van der Waals surface area contributed by atoms with Crippen molar-refractivity contribution in [2.45, 2.75) is 76.5 Å². The molecule has 6 heteroatoms. The Morgan fingerprint density at radius 2 is 1.84 bits per heavy atom. The second-order valence-corrected chi connectivity index (χ2v) is 11.2. The Kier molecular flexibility index (Phi) is 5.61. The number of carbonyl (C=O) groups is 1.